The van der Waals surface area contributed by atoms with E-state index in [2.05, 4.69) is 199 Å². The molecule has 250 valence electrons. The number of imidazole rings is 1. The Kier molecular flexibility index (Phi) is 6.01. The van der Waals surface area contributed by atoms with Crippen LogP contribution in [0.1, 0.15) is 22.3 Å². The molecule has 0 unspecified atom stereocenters. The van der Waals surface area contributed by atoms with Crippen molar-refractivity contribution in [3.63, 3.8) is 0 Å². The Hall–Kier alpha value is -7.03. The first kappa shape index (κ1) is 29.5. The van der Waals surface area contributed by atoms with E-state index >= 15 is 0 Å². The predicted octanol–water partition coefficient (Wildman–Crippen LogP) is 13.0. The molecule has 0 radical (unpaired) electrons. The van der Waals surface area contributed by atoms with Crippen LogP contribution in [0.2, 0.25) is 0 Å². The molecule has 9 aromatic carbocycles. The van der Waals surface area contributed by atoms with E-state index < -0.39 is 5.41 Å². The van der Waals surface area contributed by atoms with Crippen LogP contribution in [0, 0.1) is 0 Å². The summed E-state index contributed by atoms with van der Waals surface area (Å²) in [6.45, 7) is 0. The van der Waals surface area contributed by atoms with Crippen LogP contribution in [0.3, 0.4) is 0 Å². The quantitative estimate of drug-likeness (QED) is 0.181. The molecular formula is C52H32N2. The highest BCUT2D eigenvalue weighted by Crippen LogP contribution is 2.64. The van der Waals surface area contributed by atoms with Gasteiger partial charge in [0.25, 0.3) is 0 Å². The minimum Gasteiger partial charge on any atom is -0.292 e. The Morgan fingerprint density at radius 1 is 0.389 bits per heavy atom. The summed E-state index contributed by atoms with van der Waals surface area (Å²) >= 11 is 0. The molecule has 0 aliphatic heterocycles. The van der Waals surface area contributed by atoms with Gasteiger partial charge in [-0.1, -0.05) is 152 Å². The van der Waals surface area contributed by atoms with Crippen LogP contribution in [0.15, 0.2) is 194 Å². The van der Waals surface area contributed by atoms with Gasteiger partial charge in [0, 0.05) is 11.3 Å². The fourth-order valence-electron chi connectivity index (χ4n) is 9.70. The van der Waals surface area contributed by atoms with Crippen molar-refractivity contribution in [2.24, 2.45) is 0 Å². The smallest absolute Gasteiger partial charge is 0.145 e. The van der Waals surface area contributed by atoms with Gasteiger partial charge in [-0.05, 0) is 120 Å². The zero-order chi connectivity index (χ0) is 35.4. The second-order valence-corrected chi connectivity index (χ2v) is 14.7. The number of rotatable bonds is 3. The molecule has 10 aromatic rings. The topological polar surface area (TPSA) is 17.8 Å². The minimum atomic E-state index is -0.391. The van der Waals surface area contributed by atoms with Crippen molar-refractivity contribution in [2.45, 2.75) is 5.41 Å². The Labute approximate surface area is 313 Å². The molecule has 2 nitrogen and oxygen atoms in total. The van der Waals surface area contributed by atoms with Crippen LogP contribution in [0.25, 0.3) is 83.0 Å². The van der Waals surface area contributed by atoms with E-state index in [0.29, 0.717) is 0 Å². The number of hydrogen-bond acceptors (Lipinski definition) is 1. The highest BCUT2D eigenvalue weighted by Gasteiger charge is 2.52. The van der Waals surface area contributed by atoms with Crippen molar-refractivity contribution in [3.05, 3.63) is 216 Å². The Morgan fingerprint density at radius 2 is 1.04 bits per heavy atom. The molecule has 0 amide bonds. The first-order chi connectivity index (χ1) is 26.8. The van der Waals surface area contributed by atoms with Gasteiger partial charge < -0.3 is 0 Å². The normalized spacial score (nSPS) is 13.3. The summed E-state index contributed by atoms with van der Waals surface area (Å²) in [7, 11) is 0. The van der Waals surface area contributed by atoms with Crippen LogP contribution in [0.4, 0.5) is 0 Å². The molecule has 0 atom stereocenters. The van der Waals surface area contributed by atoms with Gasteiger partial charge in [0.15, 0.2) is 0 Å². The zero-order valence-corrected chi connectivity index (χ0v) is 29.4. The van der Waals surface area contributed by atoms with Crippen LogP contribution >= 0.6 is 0 Å². The van der Waals surface area contributed by atoms with Gasteiger partial charge >= 0.3 is 0 Å². The van der Waals surface area contributed by atoms with Crippen LogP contribution in [0.5, 0.6) is 0 Å². The Morgan fingerprint density at radius 3 is 1.85 bits per heavy atom. The lowest BCUT2D eigenvalue weighted by atomic mass is 9.70. The number of fused-ring (bicyclic) bond motifs is 14. The molecule has 0 fully saturated rings. The summed E-state index contributed by atoms with van der Waals surface area (Å²) in [6, 6.07) is 71.4. The van der Waals surface area contributed by atoms with Gasteiger partial charge in [0.05, 0.1) is 16.4 Å². The van der Waals surface area contributed by atoms with Gasteiger partial charge in [0.1, 0.15) is 5.82 Å². The van der Waals surface area contributed by atoms with Crippen molar-refractivity contribution < 1.29 is 0 Å². The van der Waals surface area contributed by atoms with Crippen LogP contribution in [-0.2, 0) is 5.41 Å². The van der Waals surface area contributed by atoms with Gasteiger partial charge in [-0.25, -0.2) is 4.98 Å². The van der Waals surface area contributed by atoms with Crippen LogP contribution < -0.4 is 0 Å². The third-order valence-corrected chi connectivity index (χ3v) is 12.0. The van der Waals surface area contributed by atoms with E-state index in [1.165, 1.54) is 77.2 Å². The summed E-state index contributed by atoms with van der Waals surface area (Å²) in [5.74, 6) is 0.942. The van der Waals surface area contributed by atoms with Crippen molar-refractivity contribution in [3.8, 4) is 50.5 Å². The monoisotopic (exact) mass is 684 g/mol. The number of para-hydroxylation sites is 3. The lowest BCUT2D eigenvalue weighted by Crippen LogP contribution is -2.25. The second kappa shape index (κ2) is 11.0. The van der Waals surface area contributed by atoms with E-state index in [1.807, 2.05) is 0 Å². The molecule has 2 aliphatic carbocycles. The van der Waals surface area contributed by atoms with Gasteiger partial charge in [-0.3, -0.25) is 4.57 Å². The largest absolute Gasteiger partial charge is 0.292 e. The SMILES string of the molecule is c1ccc(-n2c(-c3ccc(-c4ccc5cc6c(cc5c4)C4(c5ccccc5-c5ccccc54)c4ccc5ccccc5c4-6)cc3)nc3ccccc32)cc1. The van der Waals surface area contributed by atoms with Crippen molar-refractivity contribution in [1.29, 1.82) is 0 Å². The van der Waals surface area contributed by atoms with Gasteiger partial charge in [0.2, 0.25) is 0 Å². The molecule has 2 heteroatoms. The van der Waals surface area contributed by atoms with Crippen LogP contribution in [-0.4, -0.2) is 9.55 Å². The minimum absolute atomic E-state index is 0.391. The fraction of sp³-hybridized carbons (Fsp3) is 0.0192. The van der Waals surface area contributed by atoms with E-state index in [9.17, 15) is 0 Å². The molecule has 1 aromatic heterocycles. The summed E-state index contributed by atoms with van der Waals surface area (Å²) in [6.07, 6.45) is 0. The summed E-state index contributed by atoms with van der Waals surface area (Å²) in [4.78, 5) is 5.10. The molecule has 0 bridgehead atoms. The van der Waals surface area contributed by atoms with Crippen molar-refractivity contribution in [2.75, 3.05) is 0 Å². The van der Waals surface area contributed by atoms with E-state index in [0.717, 1.165) is 28.1 Å². The van der Waals surface area contributed by atoms with E-state index in [-0.39, 0.29) is 0 Å². The number of aromatic nitrogens is 2. The number of nitrogens with zero attached hydrogens (tertiary/aromatic N) is 2. The lowest BCUT2D eigenvalue weighted by molar-refractivity contribution is 0.795. The molecule has 0 saturated heterocycles. The highest BCUT2D eigenvalue weighted by molar-refractivity contribution is 6.08. The maximum absolute atomic E-state index is 5.10. The molecule has 54 heavy (non-hydrogen) atoms. The van der Waals surface area contributed by atoms with E-state index in [4.69, 9.17) is 4.98 Å². The van der Waals surface area contributed by atoms with Crippen molar-refractivity contribution >= 4 is 32.6 Å². The predicted molar refractivity (Wildman–Crippen MR) is 223 cm³/mol. The third-order valence-electron chi connectivity index (χ3n) is 12.0. The average molecular weight is 685 g/mol. The second-order valence-electron chi connectivity index (χ2n) is 14.7. The zero-order valence-electron chi connectivity index (χ0n) is 29.4. The first-order valence-electron chi connectivity index (χ1n) is 18.7. The molecule has 12 rings (SSSR count). The van der Waals surface area contributed by atoms with E-state index in [1.54, 1.807) is 0 Å². The summed E-state index contributed by atoms with van der Waals surface area (Å²) in [5.41, 5.74) is 17.1. The molecule has 2 aliphatic rings. The van der Waals surface area contributed by atoms with Crippen molar-refractivity contribution in [1.82, 2.24) is 9.55 Å². The maximum Gasteiger partial charge on any atom is 0.145 e. The van der Waals surface area contributed by atoms with Gasteiger partial charge in [-0.2, -0.15) is 0 Å². The highest BCUT2D eigenvalue weighted by atomic mass is 15.1. The molecular weight excluding hydrogens is 653 g/mol. The third kappa shape index (κ3) is 3.92. The number of hydrogen-bond donors (Lipinski definition) is 0. The standard InChI is InChI=1S/C52H32N2/c1-2-13-39(14-3-1)54-49-21-11-10-20-48(49)53-51(54)35-24-22-33(23-25-35)36-26-27-37-31-43-47(32-38(37)30-36)52(46-29-28-34-12-4-5-15-40(34)50(43)46)44-18-8-6-16-41(44)42-17-7-9-19-45(42)52/h1-32H. The fourth-order valence-corrected chi connectivity index (χ4v) is 9.70. The van der Waals surface area contributed by atoms with Gasteiger partial charge in [-0.15, -0.1) is 0 Å². The Bertz CT molecular complexity index is 3100. The molecule has 0 N–H and O–H groups in total. The number of benzene rings is 9. The Balaban J connectivity index is 1.04. The molecule has 0 saturated carbocycles. The summed E-state index contributed by atoms with van der Waals surface area (Å²) in [5, 5.41) is 5.09. The molecule has 1 heterocycles. The summed E-state index contributed by atoms with van der Waals surface area (Å²) < 4.78 is 2.26. The first-order valence-corrected chi connectivity index (χ1v) is 18.7. The average Bonchev–Trinajstić information content (AvgIpc) is 3.87. The lowest BCUT2D eigenvalue weighted by Gasteiger charge is -2.30. The maximum atomic E-state index is 5.10. The molecule has 1 spiro atoms.